The van der Waals surface area contributed by atoms with E-state index < -0.39 is 17.5 Å². The van der Waals surface area contributed by atoms with Crippen LogP contribution < -0.4 is 10.6 Å². The highest BCUT2D eigenvalue weighted by Gasteiger charge is 2.45. The van der Waals surface area contributed by atoms with E-state index in [1.54, 1.807) is 12.1 Å². The van der Waals surface area contributed by atoms with E-state index in [2.05, 4.69) is 10.6 Å². The van der Waals surface area contributed by atoms with Gasteiger partial charge in [-0.15, -0.1) is 0 Å². The lowest BCUT2D eigenvalue weighted by Gasteiger charge is -2.38. The summed E-state index contributed by atoms with van der Waals surface area (Å²) >= 11 is 0. The van der Waals surface area contributed by atoms with Crippen LogP contribution in [0.4, 0.5) is 9.18 Å². The van der Waals surface area contributed by atoms with Crippen molar-refractivity contribution in [2.75, 3.05) is 0 Å². The van der Waals surface area contributed by atoms with Gasteiger partial charge in [0.2, 0.25) is 0 Å². The van der Waals surface area contributed by atoms with Gasteiger partial charge in [-0.1, -0.05) is 12.1 Å². The number of benzene rings is 1. The van der Waals surface area contributed by atoms with Crippen LogP contribution in [0.2, 0.25) is 0 Å². The number of aliphatic carboxylic acids is 1. The zero-order valence-electron chi connectivity index (χ0n) is 10.3. The van der Waals surface area contributed by atoms with Gasteiger partial charge in [0.15, 0.2) is 0 Å². The van der Waals surface area contributed by atoms with Gasteiger partial charge in [0.1, 0.15) is 11.4 Å². The first kappa shape index (κ1) is 13.3. The minimum Gasteiger partial charge on any atom is -0.480 e. The number of hydrogen-bond donors (Lipinski definition) is 3. The lowest BCUT2D eigenvalue weighted by Crippen LogP contribution is -2.61. The van der Waals surface area contributed by atoms with E-state index >= 15 is 0 Å². The standard InChI is InChI=1S/C13H15FN2O3/c14-10-4-1-3-9(7-10)8-15-12(19)16-13(11(17)18)5-2-6-13/h1,3-4,7H,2,5-6,8H2,(H,17,18)(H2,15,16,19). The SMILES string of the molecule is O=C(NCc1cccc(F)c1)NC1(C(=O)O)CCC1. The van der Waals surface area contributed by atoms with E-state index in [0.717, 1.165) is 6.42 Å². The first-order valence-electron chi connectivity index (χ1n) is 6.06. The van der Waals surface area contributed by atoms with Crippen molar-refractivity contribution in [3.63, 3.8) is 0 Å². The molecular weight excluding hydrogens is 251 g/mol. The van der Waals surface area contributed by atoms with Crippen LogP contribution in [0.3, 0.4) is 0 Å². The average molecular weight is 266 g/mol. The second kappa shape index (κ2) is 5.26. The van der Waals surface area contributed by atoms with Crippen LogP contribution >= 0.6 is 0 Å². The van der Waals surface area contributed by atoms with Crippen molar-refractivity contribution >= 4 is 12.0 Å². The Morgan fingerprint density at radius 2 is 2.11 bits per heavy atom. The number of amides is 2. The van der Waals surface area contributed by atoms with Crippen LogP contribution in [0.15, 0.2) is 24.3 Å². The van der Waals surface area contributed by atoms with Crippen molar-refractivity contribution < 1.29 is 19.1 Å². The maximum absolute atomic E-state index is 12.9. The fraction of sp³-hybridized carbons (Fsp3) is 0.385. The second-order valence-corrected chi connectivity index (χ2v) is 4.68. The Balaban J connectivity index is 1.86. The maximum Gasteiger partial charge on any atom is 0.329 e. The highest BCUT2D eigenvalue weighted by Crippen LogP contribution is 2.31. The minimum absolute atomic E-state index is 0.152. The Kier molecular flexibility index (Phi) is 3.69. The third kappa shape index (κ3) is 3.01. The molecule has 3 N–H and O–H groups in total. The minimum atomic E-state index is -1.13. The summed E-state index contributed by atoms with van der Waals surface area (Å²) in [5.74, 6) is -1.39. The first-order valence-corrected chi connectivity index (χ1v) is 6.06. The molecule has 1 aliphatic rings. The third-order valence-electron chi connectivity index (χ3n) is 3.31. The summed E-state index contributed by atoms with van der Waals surface area (Å²) in [5, 5.41) is 14.1. The molecule has 0 aromatic heterocycles. The van der Waals surface area contributed by atoms with Crippen molar-refractivity contribution in [1.29, 1.82) is 0 Å². The van der Waals surface area contributed by atoms with Gasteiger partial charge in [-0.05, 0) is 37.0 Å². The van der Waals surface area contributed by atoms with Crippen molar-refractivity contribution in [3.8, 4) is 0 Å². The predicted molar refractivity (Wildman–Crippen MR) is 66.0 cm³/mol. The van der Waals surface area contributed by atoms with Crippen LogP contribution in [0, 0.1) is 5.82 Å². The molecule has 6 heteroatoms. The number of nitrogens with one attached hydrogen (secondary N) is 2. The summed E-state index contributed by atoms with van der Waals surface area (Å²) in [5.41, 5.74) is -0.514. The molecule has 102 valence electrons. The third-order valence-corrected chi connectivity index (χ3v) is 3.31. The maximum atomic E-state index is 12.9. The highest BCUT2D eigenvalue weighted by atomic mass is 19.1. The summed E-state index contributed by atoms with van der Waals surface area (Å²) in [6.07, 6.45) is 1.67. The molecule has 0 saturated heterocycles. The molecule has 1 aromatic carbocycles. The van der Waals surface area contributed by atoms with E-state index in [1.165, 1.54) is 12.1 Å². The molecule has 0 atom stereocenters. The fourth-order valence-electron chi connectivity index (χ4n) is 2.01. The van der Waals surface area contributed by atoms with Crippen LogP contribution in [0.25, 0.3) is 0 Å². The molecule has 1 saturated carbocycles. The van der Waals surface area contributed by atoms with Crippen LogP contribution in [-0.2, 0) is 11.3 Å². The van der Waals surface area contributed by atoms with E-state index in [9.17, 15) is 14.0 Å². The van der Waals surface area contributed by atoms with Gasteiger partial charge in [0.05, 0.1) is 0 Å². The fourth-order valence-corrected chi connectivity index (χ4v) is 2.01. The summed E-state index contributed by atoms with van der Waals surface area (Å²) in [6.45, 7) is 0.152. The lowest BCUT2D eigenvalue weighted by molar-refractivity contribution is -0.148. The molecule has 0 aliphatic heterocycles. The van der Waals surface area contributed by atoms with E-state index in [1.807, 2.05) is 0 Å². The van der Waals surface area contributed by atoms with Crippen molar-refractivity contribution in [2.45, 2.75) is 31.3 Å². The first-order chi connectivity index (χ1) is 9.02. The van der Waals surface area contributed by atoms with Gasteiger partial charge >= 0.3 is 12.0 Å². The lowest BCUT2D eigenvalue weighted by atomic mass is 9.77. The topological polar surface area (TPSA) is 78.4 Å². The summed E-state index contributed by atoms with van der Waals surface area (Å²) < 4.78 is 12.9. The summed E-state index contributed by atoms with van der Waals surface area (Å²) in [6, 6.07) is 5.31. The smallest absolute Gasteiger partial charge is 0.329 e. The van der Waals surface area contributed by atoms with E-state index in [-0.39, 0.29) is 12.4 Å². The monoisotopic (exact) mass is 266 g/mol. The van der Waals surface area contributed by atoms with Crippen LogP contribution in [0.1, 0.15) is 24.8 Å². The number of rotatable bonds is 4. The van der Waals surface area contributed by atoms with Crippen LogP contribution in [0.5, 0.6) is 0 Å². The number of carboxylic acid groups (broad SMARTS) is 1. The molecule has 2 amide bonds. The summed E-state index contributed by atoms with van der Waals surface area (Å²) in [7, 11) is 0. The number of urea groups is 1. The number of hydrogen-bond acceptors (Lipinski definition) is 2. The molecule has 0 heterocycles. The Morgan fingerprint density at radius 3 is 2.63 bits per heavy atom. The van der Waals surface area contributed by atoms with Crippen LogP contribution in [-0.4, -0.2) is 22.6 Å². The quantitative estimate of drug-likeness (QED) is 0.775. The van der Waals surface area contributed by atoms with Gasteiger partial charge < -0.3 is 15.7 Å². The van der Waals surface area contributed by atoms with Gasteiger partial charge in [-0.25, -0.2) is 14.0 Å². The van der Waals surface area contributed by atoms with Gasteiger partial charge in [-0.3, -0.25) is 0 Å². The van der Waals surface area contributed by atoms with Crippen molar-refractivity contribution in [3.05, 3.63) is 35.6 Å². The molecule has 19 heavy (non-hydrogen) atoms. The predicted octanol–water partition coefficient (Wildman–Crippen LogP) is 1.63. The molecule has 5 nitrogen and oxygen atoms in total. The molecule has 1 aliphatic carbocycles. The highest BCUT2D eigenvalue weighted by molar-refractivity contribution is 5.87. The molecule has 0 radical (unpaired) electrons. The molecule has 1 aromatic rings. The number of halogens is 1. The molecule has 1 fully saturated rings. The Morgan fingerprint density at radius 1 is 1.37 bits per heavy atom. The number of carbonyl (C=O) groups is 2. The van der Waals surface area contributed by atoms with E-state index in [0.29, 0.717) is 18.4 Å². The molecule has 0 spiro atoms. The molecule has 0 unspecified atom stereocenters. The van der Waals surface area contributed by atoms with Gasteiger partial charge in [0.25, 0.3) is 0 Å². The Labute approximate surface area is 109 Å². The van der Waals surface area contributed by atoms with Gasteiger partial charge in [0, 0.05) is 6.54 Å². The normalized spacial score (nSPS) is 16.3. The second-order valence-electron chi connectivity index (χ2n) is 4.68. The zero-order chi connectivity index (χ0) is 13.9. The molecule has 2 rings (SSSR count). The Bertz CT molecular complexity index is 500. The van der Waals surface area contributed by atoms with Crippen molar-refractivity contribution in [2.24, 2.45) is 0 Å². The largest absolute Gasteiger partial charge is 0.480 e. The van der Waals surface area contributed by atoms with Crippen molar-refractivity contribution in [1.82, 2.24) is 10.6 Å². The number of carboxylic acids is 1. The molecule has 0 bridgehead atoms. The number of carbonyl (C=O) groups excluding carboxylic acids is 1. The van der Waals surface area contributed by atoms with Gasteiger partial charge in [-0.2, -0.15) is 0 Å². The Hall–Kier alpha value is -2.11. The van der Waals surface area contributed by atoms with E-state index in [4.69, 9.17) is 5.11 Å². The summed E-state index contributed by atoms with van der Waals surface area (Å²) in [4.78, 5) is 22.7. The zero-order valence-corrected chi connectivity index (χ0v) is 10.3. The molecular formula is C13H15FN2O3. The average Bonchev–Trinajstić information content (AvgIpc) is 2.31.